The fraction of sp³-hybridized carbons (Fsp3) is 0.353. The van der Waals surface area contributed by atoms with Gasteiger partial charge in [0, 0.05) is 12.3 Å². The Morgan fingerprint density at radius 3 is 2.88 bits per heavy atom. The van der Waals surface area contributed by atoms with E-state index in [0.29, 0.717) is 12.4 Å². The largest absolute Gasteiger partial charge is 0.497 e. The van der Waals surface area contributed by atoms with Gasteiger partial charge in [0.1, 0.15) is 23.7 Å². The zero-order chi connectivity index (χ0) is 18.1. The first kappa shape index (κ1) is 16.2. The van der Waals surface area contributed by atoms with E-state index in [2.05, 4.69) is 20.2 Å². The molecule has 3 aromatic rings. The van der Waals surface area contributed by atoms with Gasteiger partial charge in [0.2, 0.25) is 5.91 Å². The van der Waals surface area contributed by atoms with E-state index >= 15 is 0 Å². The number of nitrogens with two attached hydrogens (primary N) is 1. The molecule has 0 radical (unpaired) electrons. The summed E-state index contributed by atoms with van der Waals surface area (Å²) >= 11 is 0. The lowest BCUT2D eigenvalue weighted by atomic mass is 9.99. The molecule has 134 valence electrons. The van der Waals surface area contributed by atoms with Crippen molar-refractivity contribution in [2.24, 2.45) is 5.73 Å². The highest BCUT2D eigenvalue weighted by atomic mass is 16.5. The smallest absolute Gasteiger partial charge is 0.225 e. The van der Waals surface area contributed by atoms with Gasteiger partial charge in [-0.05, 0) is 30.7 Å². The number of fused-ring (bicyclic) bond motifs is 1. The van der Waals surface area contributed by atoms with Gasteiger partial charge in [-0.25, -0.2) is 19.3 Å². The van der Waals surface area contributed by atoms with Crippen LogP contribution in [0.25, 0.3) is 5.69 Å². The molecule has 26 heavy (non-hydrogen) atoms. The van der Waals surface area contributed by atoms with E-state index in [9.17, 15) is 4.79 Å². The summed E-state index contributed by atoms with van der Waals surface area (Å²) in [5.41, 5.74) is 6.18. The molecule has 2 N–H and O–H groups in total. The summed E-state index contributed by atoms with van der Waals surface area (Å²) in [4.78, 5) is 20.2. The number of carbonyl (C=O) groups excluding carboxylic acids is 1. The molecule has 9 heteroatoms. The number of primary amides is 1. The summed E-state index contributed by atoms with van der Waals surface area (Å²) in [5, 5.41) is 8.78. The van der Waals surface area contributed by atoms with Crippen molar-refractivity contribution in [1.82, 2.24) is 29.5 Å². The molecular weight excluding hydrogens is 334 g/mol. The van der Waals surface area contributed by atoms with Crippen molar-refractivity contribution in [3.05, 3.63) is 48.1 Å². The minimum absolute atomic E-state index is 0.0114. The Bertz CT molecular complexity index is 929. The molecule has 9 nitrogen and oxygen atoms in total. The van der Waals surface area contributed by atoms with Crippen molar-refractivity contribution < 1.29 is 9.53 Å². The summed E-state index contributed by atoms with van der Waals surface area (Å²) in [5.74, 6) is 2.64. The normalized spacial score (nSPS) is 16.3. The van der Waals surface area contributed by atoms with Gasteiger partial charge in [-0.15, -0.1) is 0 Å². The lowest BCUT2D eigenvalue weighted by molar-refractivity contribution is -0.117. The van der Waals surface area contributed by atoms with Crippen LogP contribution in [0.5, 0.6) is 5.75 Å². The lowest BCUT2D eigenvalue weighted by Gasteiger charge is -2.22. The molecule has 0 bridgehead atoms. The van der Waals surface area contributed by atoms with Crippen LogP contribution in [0, 0.1) is 0 Å². The molecule has 0 spiro atoms. The number of nitrogens with zero attached hydrogens (tertiary/aromatic N) is 6. The highest BCUT2D eigenvalue weighted by molar-refractivity contribution is 5.75. The second kappa shape index (κ2) is 6.58. The number of carbonyl (C=O) groups is 1. The maximum Gasteiger partial charge on any atom is 0.225 e. The number of aryl methyl sites for hydroxylation is 1. The fourth-order valence-corrected chi connectivity index (χ4v) is 3.23. The molecule has 1 amide bonds. The first-order valence-electron chi connectivity index (χ1n) is 8.39. The van der Waals surface area contributed by atoms with E-state index in [4.69, 9.17) is 10.5 Å². The van der Waals surface area contributed by atoms with E-state index in [1.807, 2.05) is 28.9 Å². The number of hydrogen-bond donors (Lipinski definition) is 1. The molecule has 4 rings (SSSR count). The Hall–Kier alpha value is -3.23. The molecule has 0 fully saturated rings. The zero-order valence-electron chi connectivity index (χ0n) is 14.4. The summed E-state index contributed by atoms with van der Waals surface area (Å²) in [6.07, 6.45) is 3.30. The molecule has 1 aliphatic heterocycles. The Kier molecular flexibility index (Phi) is 4.11. The highest BCUT2D eigenvalue weighted by Crippen LogP contribution is 2.28. The van der Waals surface area contributed by atoms with Crippen LogP contribution in [0.15, 0.2) is 30.6 Å². The topological polar surface area (TPSA) is 114 Å². The third-order valence-electron chi connectivity index (χ3n) is 4.50. The number of benzene rings is 1. The molecule has 1 unspecified atom stereocenters. The van der Waals surface area contributed by atoms with Gasteiger partial charge in [0.25, 0.3) is 0 Å². The van der Waals surface area contributed by atoms with Crippen molar-refractivity contribution in [3.63, 3.8) is 0 Å². The van der Waals surface area contributed by atoms with Gasteiger partial charge in [-0.1, -0.05) is 0 Å². The van der Waals surface area contributed by atoms with Crippen LogP contribution >= 0.6 is 0 Å². The van der Waals surface area contributed by atoms with Crippen molar-refractivity contribution in [3.8, 4) is 11.4 Å². The summed E-state index contributed by atoms with van der Waals surface area (Å²) in [6.45, 7) is 0.681. The van der Waals surface area contributed by atoms with E-state index in [1.165, 1.54) is 0 Å². The summed E-state index contributed by atoms with van der Waals surface area (Å²) in [6, 6.07) is 7.56. The molecule has 0 saturated heterocycles. The van der Waals surface area contributed by atoms with Crippen LogP contribution in [0.3, 0.4) is 0 Å². The van der Waals surface area contributed by atoms with Crippen molar-refractivity contribution >= 4 is 5.91 Å². The molecule has 2 aromatic heterocycles. The number of rotatable bonds is 5. The van der Waals surface area contributed by atoms with Crippen LogP contribution in [0.2, 0.25) is 0 Å². The Morgan fingerprint density at radius 2 is 2.15 bits per heavy atom. The number of ether oxygens (including phenoxy) is 1. The van der Waals surface area contributed by atoms with Crippen molar-refractivity contribution in [2.45, 2.75) is 31.7 Å². The third-order valence-corrected chi connectivity index (χ3v) is 4.50. The second-order valence-corrected chi connectivity index (χ2v) is 6.23. The Labute approximate surface area is 149 Å². The minimum atomic E-state index is -0.453. The van der Waals surface area contributed by atoms with Crippen LogP contribution in [-0.2, 0) is 24.2 Å². The second-order valence-electron chi connectivity index (χ2n) is 6.23. The van der Waals surface area contributed by atoms with Gasteiger partial charge in [-0.2, -0.15) is 10.2 Å². The fourth-order valence-electron chi connectivity index (χ4n) is 3.23. The zero-order valence-corrected chi connectivity index (χ0v) is 14.4. The molecule has 1 atom stereocenters. The summed E-state index contributed by atoms with van der Waals surface area (Å²) in [7, 11) is 1.62. The maximum atomic E-state index is 11.3. The lowest BCUT2D eigenvalue weighted by Crippen LogP contribution is -2.22. The van der Waals surface area contributed by atoms with Gasteiger partial charge < -0.3 is 10.5 Å². The monoisotopic (exact) mass is 353 g/mol. The standard InChI is InChI=1S/C17H19N7O2/c1-26-13-5-3-12(4-6-13)24-17(21-15(22-24)8-14(18)25)11-2-7-16-19-10-20-23(16)9-11/h3-6,10-11H,2,7-9H2,1H3,(H2,18,25). The molecule has 0 aliphatic carbocycles. The first-order chi connectivity index (χ1) is 12.6. The predicted molar refractivity (Wildman–Crippen MR) is 91.9 cm³/mol. The molecule has 0 saturated carbocycles. The average molecular weight is 353 g/mol. The van der Waals surface area contributed by atoms with Gasteiger partial charge in [0.15, 0.2) is 5.82 Å². The van der Waals surface area contributed by atoms with E-state index in [1.54, 1.807) is 18.1 Å². The number of amides is 1. The quantitative estimate of drug-likeness (QED) is 0.719. The molecular formula is C17H19N7O2. The predicted octanol–water partition coefficient (Wildman–Crippen LogP) is 0.625. The Morgan fingerprint density at radius 1 is 1.35 bits per heavy atom. The van der Waals surface area contributed by atoms with Gasteiger partial charge in [-0.3, -0.25) is 4.79 Å². The molecule has 3 heterocycles. The van der Waals surface area contributed by atoms with Crippen LogP contribution in [0.1, 0.15) is 29.8 Å². The minimum Gasteiger partial charge on any atom is -0.497 e. The van der Waals surface area contributed by atoms with Crippen LogP contribution in [-0.4, -0.2) is 42.5 Å². The van der Waals surface area contributed by atoms with Crippen LogP contribution < -0.4 is 10.5 Å². The number of hydrogen-bond acceptors (Lipinski definition) is 6. The SMILES string of the molecule is COc1ccc(-n2nc(CC(N)=O)nc2C2CCc3ncnn3C2)cc1. The average Bonchev–Trinajstić information content (AvgIpc) is 3.27. The van der Waals surface area contributed by atoms with Crippen LogP contribution in [0.4, 0.5) is 0 Å². The highest BCUT2D eigenvalue weighted by Gasteiger charge is 2.27. The molecule has 1 aromatic carbocycles. The van der Waals surface area contributed by atoms with E-state index < -0.39 is 5.91 Å². The van der Waals surface area contributed by atoms with Gasteiger partial charge in [0.05, 0.1) is 25.8 Å². The first-order valence-corrected chi connectivity index (χ1v) is 8.39. The molecule has 1 aliphatic rings. The van der Waals surface area contributed by atoms with E-state index in [-0.39, 0.29) is 12.3 Å². The van der Waals surface area contributed by atoms with Crippen molar-refractivity contribution in [1.29, 1.82) is 0 Å². The van der Waals surface area contributed by atoms with E-state index in [0.717, 1.165) is 35.9 Å². The maximum absolute atomic E-state index is 11.3. The number of methoxy groups -OCH3 is 1. The number of aromatic nitrogens is 6. The van der Waals surface area contributed by atoms with Crippen molar-refractivity contribution in [2.75, 3.05) is 7.11 Å². The van der Waals surface area contributed by atoms with Gasteiger partial charge >= 0.3 is 0 Å². The third kappa shape index (κ3) is 3.03. The Balaban J connectivity index is 1.72. The summed E-state index contributed by atoms with van der Waals surface area (Å²) < 4.78 is 8.89.